The SMILES string of the molecule is CCOC(=O)C1=c2c(c(=O)oc3c(OC)cccc23)=C(NC(C)(C)C)C1(C(C)=O)C(=O)OCC. The second-order valence-electron chi connectivity index (χ2n) is 8.85. The summed E-state index contributed by atoms with van der Waals surface area (Å²) in [7, 11) is 1.41. The molecule has 9 nitrogen and oxygen atoms in total. The number of fused-ring (bicyclic) bond motifs is 3. The number of carbonyl (C=O) groups excluding carboxylic acids is 3. The lowest BCUT2D eigenvalue weighted by Crippen LogP contribution is -2.51. The quantitative estimate of drug-likeness (QED) is 0.360. The van der Waals surface area contributed by atoms with Gasteiger partial charge in [0.1, 0.15) is 0 Å². The van der Waals surface area contributed by atoms with E-state index in [1.54, 1.807) is 52.8 Å². The third-order valence-electron chi connectivity index (χ3n) is 5.46. The van der Waals surface area contributed by atoms with Crippen molar-refractivity contribution in [3.05, 3.63) is 39.1 Å². The molecule has 1 aliphatic carbocycles. The molecule has 0 fully saturated rings. The van der Waals surface area contributed by atoms with E-state index in [4.69, 9.17) is 18.6 Å². The molecule has 1 atom stereocenters. The van der Waals surface area contributed by atoms with Gasteiger partial charge in [0.25, 0.3) is 0 Å². The van der Waals surface area contributed by atoms with Crippen molar-refractivity contribution in [1.82, 2.24) is 5.32 Å². The molecule has 34 heavy (non-hydrogen) atoms. The molecule has 0 spiro atoms. The van der Waals surface area contributed by atoms with Gasteiger partial charge in [0, 0.05) is 16.1 Å². The Bertz CT molecular complexity index is 1360. The van der Waals surface area contributed by atoms with E-state index < -0.39 is 34.3 Å². The number of hydrogen-bond acceptors (Lipinski definition) is 9. The third kappa shape index (κ3) is 3.74. The molecule has 0 radical (unpaired) electrons. The van der Waals surface area contributed by atoms with Crippen molar-refractivity contribution in [2.75, 3.05) is 20.3 Å². The number of rotatable bonds is 7. The molecule has 182 valence electrons. The van der Waals surface area contributed by atoms with Crippen molar-refractivity contribution in [3.8, 4) is 5.75 Å². The standard InChI is InChI=1S/C25H29NO8/c1-8-32-22(29)18-16-14-11-10-12-15(31-7)19(14)34-21(28)17(16)20(26-24(4,5)6)25(18,13(3)27)23(30)33-9-2/h10-12,26H,8-9H2,1-7H3. The minimum absolute atomic E-state index is 0.0147. The molecule has 1 aromatic carbocycles. The summed E-state index contributed by atoms with van der Waals surface area (Å²) in [5.74, 6) is -2.34. The number of Topliss-reactive ketones (excluding diaryl/α,β-unsaturated/α-hetero) is 1. The van der Waals surface area contributed by atoms with E-state index >= 15 is 0 Å². The van der Waals surface area contributed by atoms with Crippen LogP contribution in [-0.4, -0.2) is 43.6 Å². The van der Waals surface area contributed by atoms with Crippen LogP contribution in [0.2, 0.25) is 0 Å². The highest BCUT2D eigenvalue weighted by atomic mass is 16.5. The van der Waals surface area contributed by atoms with Crippen LogP contribution in [-0.2, 0) is 23.9 Å². The summed E-state index contributed by atoms with van der Waals surface area (Å²) in [4.78, 5) is 53.8. The van der Waals surface area contributed by atoms with E-state index in [0.29, 0.717) is 5.39 Å². The fraction of sp³-hybridized carbons (Fsp3) is 0.440. The summed E-state index contributed by atoms with van der Waals surface area (Å²) in [5, 5.41) is 3.43. The van der Waals surface area contributed by atoms with Crippen molar-refractivity contribution < 1.29 is 33.0 Å². The average molecular weight is 472 g/mol. The third-order valence-corrected chi connectivity index (χ3v) is 5.46. The Labute approximate surface area is 196 Å². The zero-order valence-electron chi connectivity index (χ0n) is 20.4. The number of ether oxygens (including phenoxy) is 3. The lowest BCUT2D eigenvalue weighted by molar-refractivity contribution is -0.154. The number of methoxy groups -OCH3 is 1. The van der Waals surface area contributed by atoms with Crippen LogP contribution < -0.4 is 26.1 Å². The van der Waals surface area contributed by atoms with E-state index in [1.165, 1.54) is 14.0 Å². The number of benzene rings is 1. The van der Waals surface area contributed by atoms with Gasteiger partial charge < -0.3 is 23.9 Å². The Morgan fingerprint density at radius 3 is 2.24 bits per heavy atom. The number of ketones is 1. The van der Waals surface area contributed by atoms with Crippen LogP contribution in [0, 0.1) is 5.41 Å². The van der Waals surface area contributed by atoms with E-state index in [1.807, 2.05) is 0 Å². The lowest BCUT2D eigenvalue weighted by Gasteiger charge is -2.34. The minimum Gasteiger partial charge on any atom is -0.493 e. The highest BCUT2D eigenvalue weighted by Crippen LogP contribution is 2.42. The van der Waals surface area contributed by atoms with Gasteiger partial charge in [-0.3, -0.25) is 9.59 Å². The number of esters is 2. The molecule has 1 unspecified atom stereocenters. The number of nitrogens with one attached hydrogen (secondary N) is 1. The van der Waals surface area contributed by atoms with Crippen LogP contribution in [0.25, 0.3) is 22.2 Å². The molecule has 0 aliphatic heterocycles. The minimum atomic E-state index is -2.25. The summed E-state index contributed by atoms with van der Waals surface area (Å²) < 4.78 is 21.6. The van der Waals surface area contributed by atoms with E-state index in [0.717, 1.165) is 0 Å². The van der Waals surface area contributed by atoms with Crippen LogP contribution in [0.1, 0.15) is 41.5 Å². The van der Waals surface area contributed by atoms with Crippen molar-refractivity contribution in [3.63, 3.8) is 0 Å². The van der Waals surface area contributed by atoms with Gasteiger partial charge in [0.15, 0.2) is 22.5 Å². The molecule has 0 saturated heterocycles. The Balaban J connectivity index is 2.76. The van der Waals surface area contributed by atoms with Gasteiger partial charge in [-0.05, 0) is 47.6 Å². The molecule has 1 N–H and O–H groups in total. The van der Waals surface area contributed by atoms with Gasteiger partial charge in [0.05, 0.1) is 36.8 Å². The first-order valence-electron chi connectivity index (χ1n) is 11.0. The van der Waals surface area contributed by atoms with Gasteiger partial charge >= 0.3 is 17.6 Å². The number of para-hydroxylation sites is 1. The zero-order valence-corrected chi connectivity index (χ0v) is 20.4. The second kappa shape index (κ2) is 8.96. The molecule has 2 aromatic rings. The van der Waals surface area contributed by atoms with E-state index in [2.05, 4.69) is 5.32 Å². The number of carbonyl (C=O) groups is 3. The molecule has 0 bridgehead atoms. The maximum atomic E-state index is 13.6. The topological polar surface area (TPSA) is 121 Å². The van der Waals surface area contributed by atoms with Crippen molar-refractivity contribution >= 4 is 40.0 Å². The Morgan fingerprint density at radius 2 is 1.71 bits per heavy atom. The van der Waals surface area contributed by atoms with Crippen molar-refractivity contribution in [2.45, 2.75) is 47.1 Å². The van der Waals surface area contributed by atoms with Gasteiger partial charge in [-0.15, -0.1) is 0 Å². The number of hydrogen-bond donors (Lipinski definition) is 1. The molecule has 1 aromatic heterocycles. The van der Waals surface area contributed by atoms with Crippen LogP contribution in [0.4, 0.5) is 0 Å². The van der Waals surface area contributed by atoms with Gasteiger partial charge in [0.2, 0.25) is 0 Å². The van der Waals surface area contributed by atoms with E-state index in [9.17, 15) is 19.2 Å². The first-order chi connectivity index (χ1) is 15.9. The predicted molar refractivity (Wildman–Crippen MR) is 124 cm³/mol. The summed E-state index contributed by atoms with van der Waals surface area (Å²) in [6, 6.07) is 4.87. The molecular weight excluding hydrogens is 442 g/mol. The maximum absolute atomic E-state index is 13.6. The molecule has 1 aliphatic rings. The summed E-state index contributed by atoms with van der Waals surface area (Å²) in [6.07, 6.45) is 0. The predicted octanol–water partition coefficient (Wildman–Crippen LogP) is 1.16. The van der Waals surface area contributed by atoms with Gasteiger partial charge in [-0.1, -0.05) is 12.1 Å². The van der Waals surface area contributed by atoms with Crippen LogP contribution in [0.5, 0.6) is 5.75 Å². The zero-order chi connectivity index (χ0) is 25.4. The normalized spacial score (nSPS) is 17.4. The largest absolute Gasteiger partial charge is 0.493 e. The Kier molecular flexibility index (Phi) is 6.59. The van der Waals surface area contributed by atoms with Crippen LogP contribution in [0.3, 0.4) is 0 Å². The fourth-order valence-electron chi connectivity index (χ4n) is 4.27. The van der Waals surface area contributed by atoms with Crippen molar-refractivity contribution in [1.29, 1.82) is 0 Å². The lowest BCUT2D eigenvalue weighted by atomic mass is 9.75. The molecular formula is C25H29NO8. The van der Waals surface area contributed by atoms with Crippen molar-refractivity contribution in [2.24, 2.45) is 5.41 Å². The van der Waals surface area contributed by atoms with Crippen LogP contribution in [0.15, 0.2) is 27.4 Å². The molecule has 0 saturated carbocycles. The monoisotopic (exact) mass is 471 g/mol. The Morgan fingerprint density at radius 1 is 1.06 bits per heavy atom. The highest BCUT2D eigenvalue weighted by molar-refractivity contribution is 6.33. The summed E-state index contributed by atoms with van der Waals surface area (Å²) in [5.41, 5.74) is -4.07. The molecule has 3 rings (SSSR count). The van der Waals surface area contributed by atoms with E-state index in [-0.39, 0.29) is 46.3 Å². The highest BCUT2D eigenvalue weighted by Gasteiger charge is 2.59. The second-order valence-corrected chi connectivity index (χ2v) is 8.85. The Hall–Kier alpha value is -3.62. The maximum Gasteiger partial charge on any atom is 0.346 e. The van der Waals surface area contributed by atoms with Gasteiger partial charge in [-0.2, -0.15) is 0 Å². The fourth-order valence-corrected chi connectivity index (χ4v) is 4.27. The molecule has 1 heterocycles. The summed E-state index contributed by atoms with van der Waals surface area (Å²) in [6.45, 7) is 9.69. The average Bonchev–Trinajstić information content (AvgIpc) is 3.05. The first kappa shape index (κ1) is 25.0. The smallest absolute Gasteiger partial charge is 0.346 e. The molecule has 0 amide bonds. The van der Waals surface area contributed by atoms with Crippen LogP contribution >= 0.6 is 0 Å². The molecule has 9 heteroatoms. The summed E-state index contributed by atoms with van der Waals surface area (Å²) >= 11 is 0. The first-order valence-corrected chi connectivity index (χ1v) is 11.0. The van der Waals surface area contributed by atoms with Gasteiger partial charge in [-0.25, -0.2) is 9.59 Å².